The van der Waals surface area contributed by atoms with Gasteiger partial charge in [-0.25, -0.2) is 27.6 Å². The number of benzene rings is 3. The number of anilines is 3. The van der Waals surface area contributed by atoms with Crippen LogP contribution in [0.5, 0.6) is 0 Å². The average Bonchev–Trinajstić information content (AvgIpc) is 1.62. The van der Waals surface area contributed by atoms with E-state index in [0.717, 1.165) is 40.3 Å². The van der Waals surface area contributed by atoms with Gasteiger partial charge in [0.1, 0.15) is 41.5 Å². The summed E-state index contributed by atoms with van der Waals surface area (Å²) < 4.78 is 73.1. The number of ether oxygens (including phenoxy) is 3. The second-order valence-electron chi connectivity index (χ2n) is 23.5. The molecule has 581 valence electrons. The number of aryl methyl sites for hydroxylation is 2. The number of hydrogen-bond donors (Lipinski definition) is 5. The fourth-order valence-electron chi connectivity index (χ4n) is 9.49. The van der Waals surface area contributed by atoms with Crippen molar-refractivity contribution < 1.29 is 260 Å². The van der Waals surface area contributed by atoms with Crippen LogP contribution in [-0.2, 0) is 67.0 Å². The number of hydrogen-bond acceptors (Lipinski definition) is 21. The van der Waals surface area contributed by atoms with Crippen LogP contribution < -0.4 is 203 Å². The molecule has 4 aromatic heterocycles. The zero-order valence-electron chi connectivity index (χ0n) is 65.9. The van der Waals surface area contributed by atoms with Crippen molar-refractivity contribution in [3.8, 4) is 22.3 Å². The molecule has 5 N–H and O–H groups in total. The summed E-state index contributed by atoms with van der Waals surface area (Å²) in [5.74, 6) is -2.00. The summed E-state index contributed by atoms with van der Waals surface area (Å²) in [7, 11) is 0.182. The van der Waals surface area contributed by atoms with Gasteiger partial charge in [-0.05, 0) is 157 Å². The molecule has 30 nitrogen and oxygen atoms in total. The quantitative estimate of drug-likeness (QED) is 0.00945. The molecule has 7 aromatic rings. The Kier molecular flexibility index (Phi) is 56.6. The Hall–Kier alpha value is -5.12. The molecule has 3 radical (unpaired) electrons. The Balaban J connectivity index is -0.000000434. The molecule has 112 heavy (non-hydrogen) atoms. The number of nitrogens with zero attached hydrogens (tertiary/aromatic N) is 10. The number of rotatable bonds is 17. The number of aldehydes is 1. The maximum Gasteiger partial charge on any atom is 1.00 e. The number of carbonyl (C=O) groups is 8. The van der Waals surface area contributed by atoms with Gasteiger partial charge < -0.3 is 73.7 Å². The Labute approximate surface area is 799 Å². The number of halogens is 5. The first kappa shape index (κ1) is 111. The zero-order valence-corrected chi connectivity index (χ0v) is 77.3. The van der Waals surface area contributed by atoms with Gasteiger partial charge in [-0.1, -0.05) is 39.5 Å². The maximum absolute atomic E-state index is 14.7. The summed E-state index contributed by atoms with van der Waals surface area (Å²) in [5.41, 5.74) is 19.1. The Bertz CT molecular complexity index is 4000. The van der Waals surface area contributed by atoms with Crippen molar-refractivity contribution >= 4 is 119 Å². The van der Waals surface area contributed by atoms with Gasteiger partial charge >= 0.3 is 187 Å². The molecule has 4 aliphatic heterocycles. The molecule has 0 spiro atoms. The Morgan fingerprint density at radius 3 is 1.21 bits per heavy atom. The van der Waals surface area contributed by atoms with E-state index in [1.165, 1.54) is 58.6 Å². The number of amides is 6. The van der Waals surface area contributed by atoms with Gasteiger partial charge in [0, 0.05) is 109 Å². The third kappa shape index (κ3) is 36.2. The van der Waals surface area contributed by atoms with Crippen molar-refractivity contribution in [2.75, 3.05) is 61.1 Å². The molecule has 0 aliphatic carbocycles. The van der Waals surface area contributed by atoms with Crippen LogP contribution in [0.4, 0.5) is 44.6 Å². The number of nitrogens with one attached hydrogen (secondary N) is 3. The van der Waals surface area contributed by atoms with Gasteiger partial charge in [0.25, 0.3) is 6.47 Å². The molecule has 6 amide bonds. The van der Waals surface area contributed by atoms with Crippen LogP contribution in [0, 0.1) is 17.5 Å². The molecular formula is C71H85B2Br2F3K2N13Na2O17. The van der Waals surface area contributed by atoms with Crippen LogP contribution in [-0.4, -0.2) is 170 Å². The van der Waals surface area contributed by atoms with E-state index in [1.807, 2.05) is 71.9 Å². The van der Waals surface area contributed by atoms with Crippen LogP contribution >= 0.6 is 31.9 Å². The predicted molar refractivity (Wildman–Crippen MR) is 404 cm³/mol. The van der Waals surface area contributed by atoms with Crippen LogP contribution in [0.25, 0.3) is 38.2 Å². The van der Waals surface area contributed by atoms with E-state index < -0.39 is 72.4 Å². The van der Waals surface area contributed by atoms with Crippen molar-refractivity contribution in [2.24, 2.45) is 0 Å². The smallest absolute Gasteiger partial charge is 1.00 e. The topological polar surface area (TPSA) is 412 Å². The molecule has 4 saturated heterocycles. The molecule has 0 unspecified atom stereocenters. The molecular weight excluding hydrogens is 1670 g/mol. The number of carbonyl (C=O) groups excluding carboxylic acids is 8. The van der Waals surface area contributed by atoms with Crippen LogP contribution in [0.3, 0.4) is 0 Å². The Morgan fingerprint density at radius 2 is 0.938 bits per heavy atom. The van der Waals surface area contributed by atoms with E-state index >= 15 is 0 Å². The third-order valence-electron chi connectivity index (χ3n) is 15.5. The molecule has 3 aromatic carbocycles. The van der Waals surface area contributed by atoms with Crippen LogP contribution in [0.2, 0.25) is 0 Å². The van der Waals surface area contributed by atoms with Crippen LogP contribution in [0.15, 0.2) is 137 Å². The van der Waals surface area contributed by atoms with Gasteiger partial charge in [-0.15, -0.1) is 0 Å². The fourth-order valence-corrected chi connectivity index (χ4v) is 9.96. The summed E-state index contributed by atoms with van der Waals surface area (Å²) in [6, 6.07) is 28.1. The number of aromatic nitrogens is 4. The molecule has 0 saturated carbocycles. The van der Waals surface area contributed by atoms with Crippen molar-refractivity contribution in [1.29, 1.82) is 0 Å². The minimum Gasteiger partial charge on any atom is -1.00 e. The zero-order chi connectivity index (χ0) is 78.8. The largest absolute Gasteiger partial charge is 1.00 e. The number of aliphatic hydroxyl groups excluding tert-OH is 2. The molecule has 8 heterocycles. The second kappa shape index (κ2) is 57.1. The van der Waals surface area contributed by atoms with Crippen molar-refractivity contribution in [3.05, 3.63) is 193 Å². The maximum atomic E-state index is 14.7. The SMILES string of the molecule is C.CC(=O)NC[C@H]1CN(c2ccc(B3OC(C)(C)C(C)(C)O3)c(F)c2)C(=O)O1.CCc1ccc(-c2ccc(N3C[C@H](CNC(C)=O)OC3=O)cc2F)cn1.CCc1ccc(-c2ccc(N3C[C@H](CNC(C)=O)OC3=O)cc2F)cn1.CO.O=CO[O-].O=Cc1ccc(Br)cn1.OCc1ccc(Br)cn1.[B].[H-].[H-].[K+].[K+].[N-]=[N+]=[N-].[Na+].[Na+]. The molecule has 3 atom stereocenters. The number of pyridine rings is 4. The Morgan fingerprint density at radius 1 is 0.607 bits per heavy atom. The second-order valence-corrected chi connectivity index (χ2v) is 25.3. The van der Waals surface area contributed by atoms with Gasteiger partial charge in [0.15, 0.2) is 6.29 Å². The molecule has 0 bridgehead atoms. The molecule has 41 heteroatoms. The summed E-state index contributed by atoms with van der Waals surface area (Å²) in [6.07, 6.45) is 5.80. The number of aliphatic hydroxyl groups is 2. The summed E-state index contributed by atoms with van der Waals surface area (Å²) in [4.78, 5) is 112. The first-order valence-corrected chi connectivity index (χ1v) is 33.8. The van der Waals surface area contributed by atoms with Crippen molar-refractivity contribution in [2.45, 2.75) is 119 Å². The van der Waals surface area contributed by atoms with E-state index in [-0.39, 0.29) is 256 Å². The monoisotopic (exact) mass is 1750 g/mol. The van der Waals surface area contributed by atoms with E-state index in [0.29, 0.717) is 57.0 Å². The van der Waals surface area contributed by atoms with Gasteiger partial charge in [-0.2, -0.15) is 0 Å². The van der Waals surface area contributed by atoms with E-state index in [9.17, 15) is 46.7 Å². The van der Waals surface area contributed by atoms with Gasteiger partial charge in [0.2, 0.25) is 17.7 Å². The third-order valence-corrected chi connectivity index (χ3v) is 16.5. The molecule has 11 rings (SSSR count). The van der Waals surface area contributed by atoms with Crippen molar-refractivity contribution in [1.82, 2.24) is 35.9 Å². The summed E-state index contributed by atoms with van der Waals surface area (Å²) in [5, 5.41) is 31.8. The number of cyclic esters (lactones) is 3. The summed E-state index contributed by atoms with van der Waals surface area (Å²) >= 11 is 6.43. The predicted octanol–water partition coefficient (Wildman–Crippen LogP) is -2.19. The van der Waals surface area contributed by atoms with E-state index in [2.05, 4.69) is 72.6 Å². The first-order chi connectivity index (χ1) is 50.4. The van der Waals surface area contributed by atoms with E-state index in [4.69, 9.17) is 54.8 Å². The fraction of sp³-hybridized carbons (Fsp3) is 0.352. The van der Waals surface area contributed by atoms with Gasteiger partial charge in [-0.3, -0.25) is 63.5 Å². The normalized spacial score (nSPS) is 15.1. The minimum absolute atomic E-state index is 0. The summed E-state index contributed by atoms with van der Waals surface area (Å²) in [6.45, 7) is 17.0. The van der Waals surface area contributed by atoms with Crippen molar-refractivity contribution in [3.63, 3.8) is 0 Å². The first-order valence-electron chi connectivity index (χ1n) is 32.2. The van der Waals surface area contributed by atoms with E-state index in [1.54, 1.807) is 79.4 Å². The standard InChI is InChI=1S/2C19H20FN3O3.C18H24BFN2O5.C6H6BrNO.C6H4BrNO.CH2O3.CH4O.CH4.B.2K.N3.2Na.2H/c2*1-3-14-5-4-13(9-22-14)17-7-6-15(8-18(17)20)23-11-16(26-19(23)25)10-21-12(2)24;1-11(23)21-9-13-10-22(16(24)25-13)12-6-7-14(15(20)8-12)19-26-17(2,3)18(4,5)27-19;2*7-5-1-2-6(4-9)8-3-5;2-1-4-3;1-2;;;;;1-3-2;;;;/h2*4-9,16H,3,10-11H2,1-2H3,(H,21,24);6-8,13H,9-10H2,1-5H3,(H,21,23);1-3,9H,4H2;1-4H;1,3H;2H,1H3;1H4;;;;;;;;/q;;;;;;;;;2*+1;-1;2*+1;2*-1/p-1/t2*16-;13-;;;;;;;;;;;;;/m000............./s1. The van der Waals surface area contributed by atoms with Gasteiger partial charge in [0.05, 0.1) is 79.8 Å². The minimum atomic E-state index is -0.818. The van der Waals surface area contributed by atoms with Crippen LogP contribution in [0.1, 0.15) is 100 Å². The average molecular weight is 1760 g/mol. The molecule has 4 aliphatic rings. The molecule has 4 fully saturated rings.